The first-order chi connectivity index (χ1) is 9.57. The molecule has 1 N–H and O–H groups in total. The van der Waals surface area contributed by atoms with Crippen LogP contribution in [0.4, 0.5) is 0 Å². The molecule has 1 saturated heterocycles. The standard InChI is InChI=1S/C16H27NO3/c1-2-6-13-7-10-17(12-13)14(18)11-16(15(19)20)8-4-3-5-9-16/h13H,2-12H2,1H3,(H,19,20). The molecule has 2 fully saturated rings. The van der Waals surface area contributed by atoms with Gasteiger partial charge in [-0.05, 0) is 31.6 Å². The van der Waals surface area contributed by atoms with Gasteiger partial charge in [-0.3, -0.25) is 9.59 Å². The van der Waals surface area contributed by atoms with Gasteiger partial charge in [0.25, 0.3) is 0 Å². The van der Waals surface area contributed by atoms with Crippen LogP contribution in [0.5, 0.6) is 0 Å². The molecule has 1 aliphatic carbocycles. The second-order valence-corrected chi connectivity index (χ2v) is 6.61. The lowest BCUT2D eigenvalue weighted by Crippen LogP contribution is -2.40. The number of carbonyl (C=O) groups excluding carboxylic acids is 1. The lowest BCUT2D eigenvalue weighted by molar-refractivity contribution is -0.155. The van der Waals surface area contributed by atoms with Crippen LogP contribution in [0.25, 0.3) is 0 Å². The number of amides is 1. The predicted molar refractivity (Wildman–Crippen MR) is 77.4 cm³/mol. The normalized spacial score (nSPS) is 25.6. The minimum Gasteiger partial charge on any atom is -0.481 e. The largest absolute Gasteiger partial charge is 0.481 e. The lowest BCUT2D eigenvalue weighted by Gasteiger charge is -2.33. The maximum absolute atomic E-state index is 12.4. The van der Waals surface area contributed by atoms with Gasteiger partial charge in [-0.2, -0.15) is 0 Å². The Morgan fingerprint density at radius 1 is 1.25 bits per heavy atom. The molecule has 4 heteroatoms. The van der Waals surface area contributed by atoms with Crippen LogP contribution < -0.4 is 0 Å². The molecule has 1 saturated carbocycles. The number of likely N-dealkylation sites (tertiary alicyclic amines) is 1. The van der Waals surface area contributed by atoms with Crippen LogP contribution in [0, 0.1) is 11.3 Å². The van der Waals surface area contributed by atoms with Crippen molar-refractivity contribution in [3.63, 3.8) is 0 Å². The smallest absolute Gasteiger partial charge is 0.310 e. The highest BCUT2D eigenvalue weighted by atomic mass is 16.4. The monoisotopic (exact) mass is 281 g/mol. The second kappa shape index (κ2) is 6.59. The van der Waals surface area contributed by atoms with Gasteiger partial charge in [0, 0.05) is 19.5 Å². The van der Waals surface area contributed by atoms with Gasteiger partial charge in [0.1, 0.15) is 0 Å². The van der Waals surface area contributed by atoms with Crippen LogP contribution in [-0.4, -0.2) is 35.0 Å². The topological polar surface area (TPSA) is 57.6 Å². The van der Waals surface area contributed by atoms with Crippen LogP contribution in [0.3, 0.4) is 0 Å². The Kier molecular flexibility index (Phi) is 5.06. The highest BCUT2D eigenvalue weighted by Crippen LogP contribution is 2.40. The van der Waals surface area contributed by atoms with Gasteiger partial charge in [0.15, 0.2) is 0 Å². The molecule has 1 atom stereocenters. The first-order valence-electron chi connectivity index (χ1n) is 8.08. The van der Waals surface area contributed by atoms with Gasteiger partial charge in [-0.25, -0.2) is 0 Å². The molecule has 0 aromatic carbocycles. The highest BCUT2D eigenvalue weighted by molar-refractivity contribution is 5.85. The molecule has 20 heavy (non-hydrogen) atoms. The van der Waals surface area contributed by atoms with E-state index in [1.54, 1.807) is 0 Å². The van der Waals surface area contributed by atoms with Crippen LogP contribution in [-0.2, 0) is 9.59 Å². The van der Waals surface area contributed by atoms with Gasteiger partial charge in [-0.15, -0.1) is 0 Å². The molecule has 0 aromatic heterocycles. The summed E-state index contributed by atoms with van der Waals surface area (Å²) in [5.41, 5.74) is -0.780. The van der Waals surface area contributed by atoms with Crippen molar-refractivity contribution in [1.29, 1.82) is 0 Å². The minimum absolute atomic E-state index is 0.0629. The number of hydrogen-bond acceptors (Lipinski definition) is 2. The fourth-order valence-electron chi connectivity index (χ4n) is 3.80. The molecular formula is C16H27NO3. The van der Waals surface area contributed by atoms with Gasteiger partial charge >= 0.3 is 5.97 Å². The summed E-state index contributed by atoms with van der Waals surface area (Å²) in [6.45, 7) is 3.83. The number of carboxylic acids is 1. The molecule has 1 unspecified atom stereocenters. The summed E-state index contributed by atoms with van der Waals surface area (Å²) in [4.78, 5) is 26.0. The number of carbonyl (C=O) groups is 2. The molecule has 4 nitrogen and oxygen atoms in total. The average Bonchev–Trinajstić information content (AvgIpc) is 2.89. The third-order valence-electron chi connectivity index (χ3n) is 5.09. The van der Waals surface area contributed by atoms with E-state index < -0.39 is 11.4 Å². The fourth-order valence-corrected chi connectivity index (χ4v) is 3.80. The Bertz CT molecular complexity index is 361. The molecular weight excluding hydrogens is 254 g/mol. The average molecular weight is 281 g/mol. The van der Waals surface area contributed by atoms with Crippen molar-refractivity contribution in [2.45, 2.75) is 64.7 Å². The van der Waals surface area contributed by atoms with E-state index in [9.17, 15) is 14.7 Å². The number of rotatable bonds is 5. The fraction of sp³-hybridized carbons (Fsp3) is 0.875. The summed E-state index contributed by atoms with van der Waals surface area (Å²) >= 11 is 0. The van der Waals surface area contributed by atoms with Crippen molar-refractivity contribution in [2.75, 3.05) is 13.1 Å². The Morgan fingerprint density at radius 3 is 2.55 bits per heavy atom. The summed E-state index contributed by atoms with van der Waals surface area (Å²) < 4.78 is 0. The molecule has 2 rings (SSSR count). The molecule has 2 aliphatic rings. The highest BCUT2D eigenvalue weighted by Gasteiger charge is 2.42. The van der Waals surface area contributed by atoms with Gasteiger partial charge in [0.2, 0.25) is 5.91 Å². The Morgan fingerprint density at radius 2 is 1.95 bits per heavy atom. The maximum Gasteiger partial charge on any atom is 0.310 e. The van der Waals surface area contributed by atoms with Crippen molar-refractivity contribution < 1.29 is 14.7 Å². The van der Waals surface area contributed by atoms with Crippen LogP contribution in [0.2, 0.25) is 0 Å². The van der Waals surface area contributed by atoms with Crippen molar-refractivity contribution in [2.24, 2.45) is 11.3 Å². The van der Waals surface area contributed by atoms with Gasteiger partial charge < -0.3 is 10.0 Å². The number of aliphatic carboxylic acids is 1. The second-order valence-electron chi connectivity index (χ2n) is 6.61. The van der Waals surface area contributed by atoms with Crippen molar-refractivity contribution in [3.05, 3.63) is 0 Å². The predicted octanol–water partition coefficient (Wildman–Crippen LogP) is 3.06. The van der Waals surface area contributed by atoms with E-state index in [1.165, 1.54) is 6.42 Å². The van der Waals surface area contributed by atoms with E-state index in [2.05, 4.69) is 6.92 Å². The molecule has 0 spiro atoms. The Labute approximate surface area is 121 Å². The van der Waals surface area contributed by atoms with Gasteiger partial charge in [-0.1, -0.05) is 32.6 Å². The molecule has 1 heterocycles. The van der Waals surface area contributed by atoms with Crippen molar-refractivity contribution >= 4 is 11.9 Å². The Balaban J connectivity index is 1.94. The number of carboxylic acid groups (broad SMARTS) is 1. The van der Waals surface area contributed by atoms with Crippen LogP contribution in [0.15, 0.2) is 0 Å². The molecule has 0 aromatic rings. The zero-order valence-corrected chi connectivity index (χ0v) is 12.6. The zero-order valence-electron chi connectivity index (χ0n) is 12.6. The summed E-state index contributed by atoms with van der Waals surface area (Å²) in [7, 11) is 0. The van der Waals surface area contributed by atoms with Crippen molar-refractivity contribution in [3.8, 4) is 0 Å². The lowest BCUT2D eigenvalue weighted by atomic mass is 9.71. The number of hydrogen-bond donors (Lipinski definition) is 1. The van der Waals surface area contributed by atoms with E-state index in [0.717, 1.165) is 45.2 Å². The van der Waals surface area contributed by atoms with Crippen LogP contribution >= 0.6 is 0 Å². The van der Waals surface area contributed by atoms with Gasteiger partial charge in [0.05, 0.1) is 5.41 Å². The first-order valence-corrected chi connectivity index (χ1v) is 8.08. The third-order valence-corrected chi connectivity index (χ3v) is 5.09. The summed E-state index contributed by atoms with van der Waals surface area (Å²) in [5, 5.41) is 9.55. The zero-order chi connectivity index (χ0) is 14.6. The SMILES string of the molecule is CCCC1CCN(C(=O)CC2(C(=O)O)CCCCC2)C1. The number of nitrogens with zero attached hydrogens (tertiary/aromatic N) is 1. The minimum atomic E-state index is -0.780. The van der Waals surface area contributed by atoms with E-state index in [0.29, 0.717) is 18.8 Å². The third kappa shape index (κ3) is 3.33. The first kappa shape index (κ1) is 15.3. The molecule has 0 radical (unpaired) electrons. The van der Waals surface area contributed by atoms with E-state index in [1.807, 2.05) is 4.90 Å². The van der Waals surface area contributed by atoms with E-state index >= 15 is 0 Å². The van der Waals surface area contributed by atoms with E-state index in [4.69, 9.17) is 0 Å². The summed E-state index contributed by atoms with van der Waals surface area (Å²) in [6, 6.07) is 0. The molecule has 114 valence electrons. The molecule has 1 amide bonds. The molecule has 1 aliphatic heterocycles. The van der Waals surface area contributed by atoms with Crippen molar-refractivity contribution in [1.82, 2.24) is 4.90 Å². The van der Waals surface area contributed by atoms with E-state index in [-0.39, 0.29) is 12.3 Å². The quantitative estimate of drug-likeness (QED) is 0.842. The van der Waals surface area contributed by atoms with Crippen LogP contribution in [0.1, 0.15) is 64.7 Å². The summed E-state index contributed by atoms with van der Waals surface area (Å²) in [6.07, 6.45) is 7.95. The maximum atomic E-state index is 12.4. The molecule has 0 bridgehead atoms. The Hall–Kier alpha value is -1.06. The summed E-state index contributed by atoms with van der Waals surface area (Å²) in [5.74, 6) is -0.0844.